The van der Waals surface area contributed by atoms with Gasteiger partial charge in [-0.2, -0.15) is 0 Å². The molecule has 4 heteroatoms. The van der Waals surface area contributed by atoms with Gasteiger partial charge in [0.15, 0.2) is 0 Å². The van der Waals surface area contributed by atoms with Crippen molar-refractivity contribution >= 4 is 5.69 Å². The molecule has 1 aromatic rings. The van der Waals surface area contributed by atoms with Gasteiger partial charge < -0.3 is 15.0 Å². The average Bonchev–Trinajstić information content (AvgIpc) is 3.00. The zero-order valence-corrected chi connectivity index (χ0v) is 12.9. The number of aromatic nitrogens is 1. The van der Waals surface area contributed by atoms with E-state index in [0.717, 1.165) is 31.8 Å². The van der Waals surface area contributed by atoms with Crippen LogP contribution in [0.15, 0.2) is 18.3 Å². The average molecular weight is 277 g/mol. The summed E-state index contributed by atoms with van der Waals surface area (Å²) in [6, 6.07) is 4.66. The number of anilines is 1. The molecular weight excluding hydrogens is 250 g/mol. The molecule has 1 aromatic heterocycles. The maximum Gasteiger partial charge on any atom is 0.0750 e. The first-order valence-electron chi connectivity index (χ1n) is 7.78. The molecule has 2 atom stereocenters. The van der Waals surface area contributed by atoms with Crippen molar-refractivity contribution in [2.45, 2.75) is 45.3 Å². The van der Waals surface area contributed by atoms with Crippen LogP contribution in [0.25, 0.3) is 0 Å². The lowest BCUT2D eigenvalue weighted by Crippen LogP contribution is -2.32. The summed E-state index contributed by atoms with van der Waals surface area (Å²) >= 11 is 0. The Morgan fingerprint density at radius 3 is 2.80 bits per heavy atom. The van der Waals surface area contributed by atoms with E-state index in [4.69, 9.17) is 4.74 Å². The summed E-state index contributed by atoms with van der Waals surface area (Å²) in [5.74, 6) is 0. The lowest BCUT2D eigenvalue weighted by Gasteiger charge is -2.26. The van der Waals surface area contributed by atoms with Crippen molar-refractivity contribution in [2.24, 2.45) is 0 Å². The third kappa shape index (κ3) is 3.70. The van der Waals surface area contributed by atoms with Crippen molar-refractivity contribution in [3.63, 3.8) is 0 Å². The van der Waals surface area contributed by atoms with Crippen LogP contribution < -0.4 is 10.2 Å². The van der Waals surface area contributed by atoms with Crippen molar-refractivity contribution in [1.29, 1.82) is 0 Å². The second-order valence-electron chi connectivity index (χ2n) is 5.36. The molecule has 2 rings (SSSR count). The van der Waals surface area contributed by atoms with E-state index < -0.39 is 0 Å². The van der Waals surface area contributed by atoms with Gasteiger partial charge in [0, 0.05) is 25.7 Å². The zero-order valence-electron chi connectivity index (χ0n) is 12.9. The fraction of sp³-hybridized carbons (Fsp3) is 0.688. The van der Waals surface area contributed by atoms with Crippen LogP contribution in [0.1, 0.15) is 44.8 Å². The standard InChI is InChI=1S/C16H27N3O/c1-4-15(17-3)16-9-8-13(11-18-16)19(5-2)12-14-7-6-10-20-14/h8-9,11,14-15,17H,4-7,10,12H2,1-3H3. The summed E-state index contributed by atoms with van der Waals surface area (Å²) in [5, 5.41) is 3.29. The molecule has 0 spiro atoms. The molecule has 1 N–H and O–H groups in total. The Morgan fingerprint density at radius 1 is 1.45 bits per heavy atom. The van der Waals surface area contributed by atoms with Crippen molar-refractivity contribution in [3.8, 4) is 0 Å². The molecule has 20 heavy (non-hydrogen) atoms. The van der Waals surface area contributed by atoms with Crippen molar-refractivity contribution in [1.82, 2.24) is 10.3 Å². The predicted octanol–water partition coefficient (Wildman–Crippen LogP) is 2.76. The molecule has 0 radical (unpaired) electrons. The van der Waals surface area contributed by atoms with E-state index in [1.54, 1.807) is 0 Å². The highest BCUT2D eigenvalue weighted by molar-refractivity contribution is 5.44. The largest absolute Gasteiger partial charge is 0.376 e. The monoisotopic (exact) mass is 277 g/mol. The predicted molar refractivity (Wildman–Crippen MR) is 83.2 cm³/mol. The number of ether oxygens (including phenoxy) is 1. The summed E-state index contributed by atoms with van der Waals surface area (Å²) in [5.41, 5.74) is 2.31. The van der Waals surface area contributed by atoms with Crippen LogP contribution >= 0.6 is 0 Å². The minimum absolute atomic E-state index is 0.345. The van der Waals surface area contributed by atoms with Gasteiger partial charge in [-0.25, -0.2) is 0 Å². The molecule has 112 valence electrons. The van der Waals surface area contributed by atoms with Crippen molar-refractivity contribution < 1.29 is 4.74 Å². The SMILES string of the molecule is CCC(NC)c1ccc(N(CC)CC2CCCO2)cn1. The van der Waals surface area contributed by atoms with Crippen LogP contribution in [-0.4, -0.2) is 37.8 Å². The molecule has 1 fully saturated rings. The number of pyridine rings is 1. The summed E-state index contributed by atoms with van der Waals surface area (Å²) in [7, 11) is 1.99. The van der Waals surface area contributed by atoms with Crippen LogP contribution in [0.5, 0.6) is 0 Å². The smallest absolute Gasteiger partial charge is 0.0750 e. The summed E-state index contributed by atoms with van der Waals surface area (Å²) in [4.78, 5) is 6.97. The molecular formula is C16H27N3O. The van der Waals surface area contributed by atoms with E-state index in [0.29, 0.717) is 12.1 Å². The van der Waals surface area contributed by atoms with E-state index >= 15 is 0 Å². The maximum atomic E-state index is 5.73. The van der Waals surface area contributed by atoms with Crippen molar-refractivity contribution in [3.05, 3.63) is 24.0 Å². The van der Waals surface area contributed by atoms with E-state index in [2.05, 4.69) is 41.2 Å². The van der Waals surface area contributed by atoms with Gasteiger partial charge in [0.2, 0.25) is 0 Å². The summed E-state index contributed by atoms with van der Waals surface area (Å²) < 4.78 is 5.73. The highest BCUT2D eigenvalue weighted by Crippen LogP contribution is 2.21. The van der Waals surface area contributed by atoms with E-state index in [9.17, 15) is 0 Å². The van der Waals surface area contributed by atoms with Gasteiger partial charge in [-0.15, -0.1) is 0 Å². The summed E-state index contributed by atoms with van der Waals surface area (Å²) in [6.07, 6.45) is 5.80. The Balaban J connectivity index is 2.02. The first-order chi connectivity index (χ1) is 9.78. The topological polar surface area (TPSA) is 37.4 Å². The van der Waals surface area contributed by atoms with Gasteiger partial charge >= 0.3 is 0 Å². The van der Waals surface area contributed by atoms with Crippen LogP contribution in [0, 0.1) is 0 Å². The quantitative estimate of drug-likeness (QED) is 0.831. The zero-order chi connectivity index (χ0) is 14.4. The normalized spacial score (nSPS) is 20.1. The number of hydrogen-bond acceptors (Lipinski definition) is 4. The van der Waals surface area contributed by atoms with Gasteiger partial charge in [-0.3, -0.25) is 4.98 Å². The highest BCUT2D eigenvalue weighted by Gasteiger charge is 2.19. The number of nitrogens with zero attached hydrogens (tertiary/aromatic N) is 2. The number of hydrogen-bond donors (Lipinski definition) is 1. The first kappa shape index (κ1) is 15.3. The summed E-state index contributed by atoms with van der Waals surface area (Å²) in [6.45, 7) is 7.24. The van der Waals surface area contributed by atoms with Crippen LogP contribution in [0.4, 0.5) is 5.69 Å². The third-order valence-corrected chi connectivity index (χ3v) is 4.08. The molecule has 1 saturated heterocycles. The van der Waals surface area contributed by atoms with E-state index in [-0.39, 0.29) is 0 Å². The van der Waals surface area contributed by atoms with Gasteiger partial charge in [-0.05, 0) is 45.4 Å². The van der Waals surface area contributed by atoms with Gasteiger partial charge in [0.1, 0.15) is 0 Å². The van der Waals surface area contributed by atoms with Gasteiger partial charge in [0.25, 0.3) is 0 Å². The molecule has 4 nitrogen and oxygen atoms in total. The first-order valence-corrected chi connectivity index (χ1v) is 7.78. The minimum atomic E-state index is 0.345. The number of nitrogens with one attached hydrogen (secondary N) is 1. The fourth-order valence-corrected chi connectivity index (χ4v) is 2.80. The molecule has 0 aliphatic carbocycles. The van der Waals surface area contributed by atoms with Crippen LogP contribution in [0.2, 0.25) is 0 Å². The molecule has 2 unspecified atom stereocenters. The molecule has 1 aliphatic heterocycles. The van der Waals surface area contributed by atoms with Crippen molar-refractivity contribution in [2.75, 3.05) is 31.6 Å². The molecule has 0 saturated carbocycles. The van der Waals surface area contributed by atoms with Crippen LogP contribution in [0.3, 0.4) is 0 Å². The Labute approximate surface area is 122 Å². The lowest BCUT2D eigenvalue weighted by atomic mass is 10.1. The molecule has 1 aliphatic rings. The number of rotatable bonds is 7. The number of likely N-dealkylation sites (N-methyl/N-ethyl adjacent to an activating group) is 1. The second-order valence-corrected chi connectivity index (χ2v) is 5.36. The lowest BCUT2D eigenvalue weighted by molar-refractivity contribution is 0.115. The molecule has 0 aromatic carbocycles. The Bertz CT molecular complexity index is 383. The second kappa shape index (κ2) is 7.60. The van der Waals surface area contributed by atoms with E-state index in [1.807, 2.05) is 13.2 Å². The van der Waals surface area contributed by atoms with E-state index in [1.165, 1.54) is 18.5 Å². The Kier molecular flexibility index (Phi) is 5.80. The van der Waals surface area contributed by atoms with Gasteiger partial charge in [-0.1, -0.05) is 6.92 Å². The fourth-order valence-electron chi connectivity index (χ4n) is 2.80. The highest BCUT2D eigenvalue weighted by atomic mass is 16.5. The molecule has 0 amide bonds. The Morgan fingerprint density at radius 2 is 2.30 bits per heavy atom. The Hall–Kier alpha value is -1.13. The molecule has 0 bridgehead atoms. The third-order valence-electron chi connectivity index (χ3n) is 4.08. The molecule has 2 heterocycles. The minimum Gasteiger partial charge on any atom is -0.376 e. The van der Waals surface area contributed by atoms with Gasteiger partial charge in [0.05, 0.1) is 23.7 Å². The maximum absolute atomic E-state index is 5.73. The van der Waals surface area contributed by atoms with Crippen LogP contribution in [-0.2, 0) is 4.74 Å².